The highest BCUT2D eigenvalue weighted by molar-refractivity contribution is 5.94. The van der Waals surface area contributed by atoms with E-state index in [0.29, 0.717) is 0 Å². The minimum Gasteiger partial charge on any atom is -0.295 e. The molecule has 0 fully saturated rings. The molecule has 86 valence electrons. The molecule has 0 aliphatic rings. The minimum absolute atomic E-state index is 0.108. The van der Waals surface area contributed by atoms with Crippen molar-refractivity contribution >= 4 is 5.78 Å². The third kappa shape index (κ3) is 2.44. The maximum absolute atomic E-state index is 11.2. The first-order valence-electron chi connectivity index (χ1n) is 5.76. The minimum atomic E-state index is 0.108. The number of benzene rings is 2. The Morgan fingerprint density at radius 3 is 1.94 bits per heavy atom. The summed E-state index contributed by atoms with van der Waals surface area (Å²) in [5, 5.41) is 0. The number of Topliss-reactive ketones (excluding diaryl/α,β-unsaturated/α-hetero) is 1. The maximum Gasteiger partial charge on any atom is 0.159 e. The van der Waals surface area contributed by atoms with E-state index in [2.05, 4.69) is 32.0 Å². The first kappa shape index (κ1) is 11.6. The summed E-state index contributed by atoms with van der Waals surface area (Å²) in [6.45, 7) is 5.81. The summed E-state index contributed by atoms with van der Waals surface area (Å²) >= 11 is 0. The third-order valence-corrected chi connectivity index (χ3v) is 3.13. The van der Waals surface area contributed by atoms with Crippen LogP contribution in [-0.4, -0.2) is 5.78 Å². The van der Waals surface area contributed by atoms with Crippen molar-refractivity contribution in [1.29, 1.82) is 0 Å². The van der Waals surface area contributed by atoms with Gasteiger partial charge in [-0.1, -0.05) is 42.5 Å². The van der Waals surface area contributed by atoms with Crippen molar-refractivity contribution in [3.63, 3.8) is 0 Å². The molecule has 0 aliphatic heterocycles. The molecule has 0 radical (unpaired) electrons. The lowest BCUT2D eigenvalue weighted by atomic mass is 9.99. The van der Waals surface area contributed by atoms with Crippen molar-refractivity contribution < 1.29 is 4.79 Å². The summed E-state index contributed by atoms with van der Waals surface area (Å²) in [4.78, 5) is 11.2. The zero-order valence-electron chi connectivity index (χ0n) is 10.4. The monoisotopic (exact) mass is 224 g/mol. The number of carbonyl (C=O) groups is 1. The molecule has 0 spiro atoms. The van der Waals surface area contributed by atoms with Crippen LogP contribution >= 0.6 is 0 Å². The first-order chi connectivity index (χ1) is 8.08. The lowest BCUT2D eigenvalue weighted by Crippen LogP contribution is -1.91. The van der Waals surface area contributed by atoms with Gasteiger partial charge in [0.15, 0.2) is 5.78 Å². The van der Waals surface area contributed by atoms with Crippen LogP contribution in [0.5, 0.6) is 0 Å². The molecule has 2 rings (SSSR count). The molecule has 0 amide bonds. The second kappa shape index (κ2) is 4.54. The lowest BCUT2D eigenvalue weighted by Gasteiger charge is -2.06. The van der Waals surface area contributed by atoms with Gasteiger partial charge in [-0.25, -0.2) is 0 Å². The van der Waals surface area contributed by atoms with Crippen molar-refractivity contribution in [1.82, 2.24) is 0 Å². The molecule has 0 aromatic heterocycles. The van der Waals surface area contributed by atoms with Gasteiger partial charge in [0.25, 0.3) is 0 Å². The van der Waals surface area contributed by atoms with E-state index < -0.39 is 0 Å². The fourth-order valence-electron chi connectivity index (χ4n) is 1.82. The molecule has 0 saturated heterocycles. The number of ketones is 1. The molecule has 1 nitrogen and oxygen atoms in total. The van der Waals surface area contributed by atoms with Crippen LogP contribution in [0.3, 0.4) is 0 Å². The van der Waals surface area contributed by atoms with Crippen LogP contribution in [0.15, 0.2) is 42.5 Å². The van der Waals surface area contributed by atoms with Crippen molar-refractivity contribution in [2.24, 2.45) is 0 Å². The van der Waals surface area contributed by atoms with E-state index in [1.165, 1.54) is 16.7 Å². The molecule has 2 aromatic rings. The summed E-state index contributed by atoms with van der Waals surface area (Å²) in [6, 6.07) is 14.2. The second-order valence-electron chi connectivity index (χ2n) is 4.43. The Hall–Kier alpha value is -1.89. The van der Waals surface area contributed by atoms with Gasteiger partial charge in [0.05, 0.1) is 0 Å². The zero-order valence-corrected chi connectivity index (χ0v) is 10.4. The normalized spacial score (nSPS) is 10.3. The first-order valence-corrected chi connectivity index (χ1v) is 5.76. The van der Waals surface area contributed by atoms with E-state index in [1.54, 1.807) is 6.92 Å². The lowest BCUT2D eigenvalue weighted by molar-refractivity contribution is 0.101. The number of hydrogen-bond acceptors (Lipinski definition) is 1. The molecule has 17 heavy (non-hydrogen) atoms. The van der Waals surface area contributed by atoms with Crippen LogP contribution in [0.1, 0.15) is 28.4 Å². The van der Waals surface area contributed by atoms with E-state index in [0.717, 1.165) is 11.1 Å². The summed E-state index contributed by atoms with van der Waals surface area (Å²) < 4.78 is 0. The Kier molecular flexibility index (Phi) is 3.10. The van der Waals surface area contributed by atoms with Crippen molar-refractivity contribution in [2.75, 3.05) is 0 Å². The summed E-state index contributed by atoms with van der Waals surface area (Å²) in [5.41, 5.74) is 5.70. The number of carbonyl (C=O) groups excluding carboxylic acids is 1. The predicted molar refractivity (Wildman–Crippen MR) is 71.4 cm³/mol. The Morgan fingerprint density at radius 1 is 0.824 bits per heavy atom. The average molecular weight is 224 g/mol. The number of aryl methyl sites for hydroxylation is 2. The molecule has 0 heterocycles. The highest BCUT2D eigenvalue weighted by Gasteiger charge is 2.02. The van der Waals surface area contributed by atoms with Crippen molar-refractivity contribution in [2.45, 2.75) is 20.8 Å². The molecule has 0 atom stereocenters. The highest BCUT2D eigenvalue weighted by atomic mass is 16.1. The van der Waals surface area contributed by atoms with Gasteiger partial charge >= 0.3 is 0 Å². The van der Waals surface area contributed by atoms with Gasteiger partial charge in [-0.15, -0.1) is 0 Å². The SMILES string of the molecule is CC(=O)c1ccc(-c2ccc(C)c(C)c2)cc1. The van der Waals surface area contributed by atoms with E-state index >= 15 is 0 Å². The van der Waals surface area contributed by atoms with Crippen LogP contribution in [0, 0.1) is 13.8 Å². The fourth-order valence-corrected chi connectivity index (χ4v) is 1.82. The van der Waals surface area contributed by atoms with Crippen molar-refractivity contribution in [3.05, 3.63) is 59.2 Å². The second-order valence-corrected chi connectivity index (χ2v) is 4.43. The highest BCUT2D eigenvalue weighted by Crippen LogP contribution is 2.22. The number of hydrogen-bond donors (Lipinski definition) is 0. The van der Waals surface area contributed by atoms with Crippen molar-refractivity contribution in [3.8, 4) is 11.1 Å². The zero-order chi connectivity index (χ0) is 12.4. The smallest absolute Gasteiger partial charge is 0.159 e. The van der Waals surface area contributed by atoms with Gasteiger partial charge in [0.2, 0.25) is 0 Å². The van der Waals surface area contributed by atoms with Gasteiger partial charge < -0.3 is 0 Å². The Balaban J connectivity index is 2.39. The van der Waals surface area contributed by atoms with E-state index in [4.69, 9.17) is 0 Å². The Labute approximate surface area is 102 Å². The van der Waals surface area contributed by atoms with Gasteiger partial charge in [-0.3, -0.25) is 4.79 Å². The van der Waals surface area contributed by atoms with Crippen LogP contribution in [0.2, 0.25) is 0 Å². The molecule has 0 bridgehead atoms. The molecule has 0 N–H and O–H groups in total. The molecule has 1 heteroatoms. The van der Waals surface area contributed by atoms with Gasteiger partial charge in [0.1, 0.15) is 0 Å². The van der Waals surface area contributed by atoms with Crippen LogP contribution in [0.25, 0.3) is 11.1 Å². The summed E-state index contributed by atoms with van der Waals surface area (Å²) in [5.74, 6) is 0.108. The fraction of sp³-hybridized carbons (Fsp3) is 0.188. The van der Waals surface area contributed by atoms with E-state index in [-0.39, 0.29) is 5.78 Å². The van der Waals surface area contributed by atoms with Gasteiger partial charge in [-0.05, 0) is 43.0 Å². The molecular formula is C16H16O. The molecule has 0 saturated carbocycles. The molecule has 0 aliphatic carbocycles. The average Bonchev–Trinajstić information content (AvgIpc) is 2.33. The quantitative estimate of drug-likeness (QED) is 0.699. The van der Waals surface area contributed by atoms with Crippen LogP contribution < -0.4 is 0 Å². The maximum atomic E-state index is 11.2. The van der Waals surface area contributed by atoms with Gasteiger partial charge in [-0.2, -0.15) is 0 Å². The number of rotatable bonds is 2. The molecule has 0 unspecified atom stereocenters. The van der Waals surface area contributed by atoms with Crippen LogP contribution in [0.4, 0.5) is 0 Å². The summed E-state index contributed by atoms with van der Waals surface area (Å²) in [6.07, 6.45) is 0. The standard InChI is InChI=1S/C16H16O/c1-11-4-5-16(10-12(11)2)15-8-6-14(7-9-15)13(3)17/h4-10H,1-3H3. The van der Waals surface area contributed by atoms with Gasteiger partial charge in [0, 0.05) is 5.56 Å². The predicted octanol–water partition coefficient (Wildman–Crippen LogP) is 4.17. The third-order valence-electron chi connectivity index (χ3n) is 3.13. The topological polar surface area (TPSA) is 17.1 Å². The largest absolute Gasteiger partial charge is 0.295 e. The molecular weight excluding hydrogens is 208 g/mol. The van der Waals surface area contributed by atoms with E-state index in [9.17, 15) is 4.79 Å². The summed E-state index contributed by atoms with van der Waals surface area (Å²) in [7, 11) is 0. The Bertz CT molecular complexity index is 550. The molecule has 2 aromatic carbocycles. The van der Waals surface area contributed by atoms with Crippen LogP contribution in [-0.2, 0) is 0 Å². The Morgan fingerprint density at radius 2 is 1.41 bits per heavy atom. The van der Waals surface area contributed by atoms with E-state index in [1.807, 2.05) is 24.3 Å².